The van der Waals surface area contributed by atoms with Crippen LogP contribution in [0.15, 0.2) is 30.7 Å². The average Bonchev–Trinajstić information content (AvgIpc) is 2.83. The monoisotopic (exact) mass is 274 g/mol. The van der Waals surface area contributed by atoms with Crippen molar-refractivity contribution in [2.45, 2.75) is 26.3 Å². The summed E-state index contributed by atoms with van der Waals surface area (Å²) in [5.74, 6) is 0.933. The summed E-state index contributed by atoms with van der Waals surface area (Å²) in [4.78, 5) is 8.66. The maximum atomic E-state index is 5.05. The zero-order valence-electron chi connectivity index (χ0n) is 12.2. The van der Waals surface area contributed by atoms with E-state index in [1.165, 1.54) is 5.56 Å². The molecule has 5 nitrogen and oxygen atoms in total. The summed E-state index contributed by atoms with van der Waals surface area (Å²) in [6.07, 6.45) is 7.72. The summed E-state index contributed by atoms with van der Waals surface area (Å²) in [7, 11) is 1.72. The summed E-state index contributed by atoms with van der Waals surface area (Å²) in [5.41, 5.74) is 2.27. The standard InChI is InChI=1S/C15H22N4O/c1-13-12-19(9-6-14-5-3-7-16-11-14)15(18-13)17-8-4-10-20-2/h3,5,7,11-12H,4,6,8-10H2,1-2H3,(H,17,18). The van der Waals surface area contributed by atoms with Gasteiger partial charge in [0.1, 0.15) is 0 Å². The molecule has 2 rings (SSSR count). The van der Waals surface area contributed by atoms with Gasteiger partial charge in [0, 0.05) is 45.4 Å². The zero-order valence-corrected chi connectivity index (χ0v) is 12.2. The van der Waals surface area contributed by atoms with Gasteiger partial charge >= 0.3 is 0 Å². The van der Waals surface area contributed by atoms with E-state index in [-0.39, 0.29) is 0 Å². The molecule has 5 heteroatoms. The van der Waals surface area contributed by atoms with E-state index in [0.29, 0.717) is 0 Å². The molecule has 0 aliphatic rings. The van der Waals surface area contributed by atoms with Crippen molar-refractivity contribution in [3.63, 3.8) is 0 Å². The number of pyridine rings is 1. The van der Waals surface area contributed by atoms with Gasteiger partial charge in [0.2, 0.25) is 5.95 Å². The van der Waals surface area contributed by atoms with Crippen LogP contribution < -0.4 is 5.32 Å². The van der Waals surface area contributed by atoms with Crippen molar-refractivity contribution < 1.29 is 4.74 Å². The number of ether oxygens (including phenoxy) is 1. The van der Waals surface area contributed by atoms with E-state index in [1.54, 1.807) is 13.3 Å². The molecule has 0 aromatic carbocycles. The third-order valence-electron chi connectivity index (χ3n) is 3.07. The van der Waals surface area contributed by atoms with E-state index >= 15 is 0 Å². The molecule has 0 atom stereocenters. The number of rotatable bonds is 8. The maximum Gasteiger partial charge on any atom is 0.203 e. The summed E-state index contributed by atoms with van der Waals surface area (Å²) < 4.78 is 7.21. The highest BCUT2D eigenvalue weighted by Gasteiger charge is 2.05. The van der Waals surface area contributed by atoms with Crippen molar-refractivity contribution >= 4 is 5.95 Å². The first-order valence-electron chi connectivity index (χ1n) is 6.95. The van der Waals surface area contributed by atoms with E-state index in [0.717, 1.165) is 44.2 Å². The molecule has 2 aromatic rings. The Morgan fingerprint density at radius 1 is 1.40 bits per heavy atom. The molecule has 0 amide bonds. The topological polar surface area (TPSA) is 52.0 Å². The number of aryl methyl sites for hydroxylation is 3. The van der Waals surface area contributed by atoms with Crippen LogP contribution in [0.4, 0.5) is 5.95 Å². The number of methoxy groups -OCH3 is 1. The molecule has 1 N–H and O–H groups in total. The van der Waals surface area contributed by atoms with Gasteiger partial charge in [-0.2, -0.15) is 0 Å². The van der Waals surface area contributed by atoms with Gasteiger partial charge in [0.05, 0.1) is 5.69 Å². The Balaban J connectivity index is 1.90. The van der Waals surface area contributed by atoms with Crippen molar-refractivity contribution in [1.82, 2.24) is 14.5 Å². The van der Waals surface area contributed by atoms with Crippen molar-refractivity contribution in [3.8, 4) is 0 Å². The Bertz CT molecular complexity index is 510. The summed E-state index contributed by atoms with van der Waals surface area (Å²) in [6.45, 7) is 4.56. The van der Waals surface area contributed by atoms with Gasteiger partial charge in [0.15, 0.2) is 0 Å². The number of aromatic nitrogens is 3. The Morgan fingerprint density at radius 3 is 3.05 bits per heavy atom. The smallest absolute Gasteiger partial charge is 0.203 e. The maximum absolute atomic E-state index is 5.05. The fourth-order valence-electron chi connectivity index (χ4n) is 2.07. The van der Waals surface area contributed by atoms with E-state index in [4.69, 9.17) is 4.74 Å². The second kappa shape index (κ2) is 7.65. The predicted molar refractivity (Wildman–Crippen MR) is 79.9 cm³/mol. The largest absolute Gasteiger partial charge is 0.385 e. The molecule has 0 aliphatic carbocycles. The number of nitrogens with one attached hydrogen (secondary N) is 1. The molecule has 0 fully saturated rings. The van der Waals surface area contributed by atoms with Crippen molar-refractivity contribution in [1.29, 1.82) is 0 Å². The van der Waals surface area contributed by atoms with Gasteiger partial charge in [-0.05, 0) is 31.4 Å². The average molecular weight is 274 g/mol. The molecule has 0 bridgehead atoms. The van der Waals surface area contributed by atoms with E-state index in [1.807, 2.05) is 19.2 Å². The highest BCUT2D eigenvalue weighted by atomic mass is 16.5. The van der Waals surface area contributed by atoms with Crippen LogP contribution in [0.2, 0.25) is 0 Å². The minimum Gasteiger partial charge on any atom is -0.385 e. The minimum absolute atomic E-state index is 0.766. The van der Waals surface area contributed by atoms with Gasteiger partial charge in [-0.15, -0.1) is 0 Å². The first kappa shape index (κ1) is 14.5. The van der Waals surface area contributed by atoms with Gasteiger partial charge in [-0.25, -0.2) is 4.98 Å². The molecule has 2 aromatic heterocycles. The fourth-order valence-corrected chi connectivity index (χ4v) is 2.07. The fraction of sp³-hybridized carbons (Fsp3) is 0.467. The number of hydrogen-bond donors (Lipinski definition) is 1. The van der Waals surface area contributed by atoms with Crippen LogP contribution in [-0.4, -0.2) is 34.8 Å². The first-order valence-corrected chi connectivity index (χ1v) is 6.95. The lowest BCUT2D eigenvalue weighted by molar-refractivity contribution is 0.197. The summed E-state index contributed by atoms with van der Waals surface area (Å²) >= 11 is 0. The molecule has 20 heavy (non-hydrogen) atoms. The molecule has 0 saturated carbocycles. The van der Waals surface area contributed by atoms with Crippen molar-refractivity contribution in [2.75, 3.05) is 25.6 Å². The van der Waals surface area contributed by atoms with Gasteiger partial charge < -0.3 is 14.6 Å². The zero-order chi connectivity index (χ0) is 14.2. The normalized spacial score (nSPS) is 10.7. The highest BCUT2D eigenvalue weighted by Crippen LogP contribution is 2.10. The second-order valence-corrected chi connectivity index (χ2v) is 4.78. The van der Waals surface area contributed by atoms with Crippen LogP contribution in [-0.2, 0) is 17.7 Å². The van der Waals surface area contributed by atoms with E-state index < -0.39 is 0 Å². The van der Waals surface area contributed by atoms with Gasteiger partial charge in [-0.1, -0.05) is 6.07 Å². The lowest BCUT2D eigenvalue weighted by Gasteiger charge is -2.09. The molecular weight excluding hydrogens is 252 g/mol. The molecule has 0 aliphatic heterocycles. The lowest BCUT2D eigenvalue weighted by atomic mass is 10.2. The molecule has 108 valence electrons. The van der Waals surface area contributed by atoms with Gasteiger partial charge in [-0.3, -0.25) is 4.98 Å². The summed E-state index contributed by atoms with van der Waals surface area (Å²) in [5, 5.41) is 3.36. The van der Waals surface area contributed by atoms with Crippen LogP contribution in [0.5, 0.6) is 0 Å². The number of hydrogen-bond acceptors (Lipinski definition) is 4. The third-order valence-corrected chi connectivity index (χ3v) is 3.07. The van der Waals surface area contributed by atoms with Crippen LogP contribution in [0.1, 0.15) is 17.7 Å². The van der Waals surface area contributed by atoms with Crippen LogP contribution >= 0.6 is 0 Å². The van der Waals surface area contributed by atoms with E-state index in [9.17, 15) is 0 Å². The Morgan fingerprint density at radius 2 is 2.30 bits per heavy atom. The number of imidazole rings is 1. The molecule has 0 unspecified atom stereocenters. The Hall–Kier alpha value is -1.88. The van der Waals surface area contributed by atoms with Crippen LogP contribution in [0, 0.1) is 6.92 Å². The summed E-state index contributed by atoms with van der Waals surface area (Å²) in [6, 6.07) is 4.07. The highest BCUT2D eigenvalue weighted by molar-refractivity contribution is 5.28. The molecule has 0 radical (unpaired) electrons. The quantitative estimate of drug-likeness (QED) is 0.750. The predicted octanol–water partition coefficient (Wildman–Crippen LogP) is 2.28. The van der Waals surface area contributed by atoms with Crippen LogP contribution in [0.25, 0.3) is 0 Å². The SMILES string of the molecule is COCCCNc1nc(C)cn1CCc1cccnc1. The van der Waals surface area contributed by atoms with Crippen molar-refractivity contribution in [2.24, 2.45) is 0 Å². The van der Waals surface area contributed by atoms with Crippen molar-refractivity contribution in [3.05, 3.63) is 42.0 Å². The van der Waals surface area contributed by atoms with E-state index in [2.05, 4.69) is 32.1 Å². The second-order valence-electron chi connectivity index (χ2n) is 4.78. The Kier molecular flexibility index (Phi) is 5.55. The van der Waals surface area contributed by atoms with Crippen LogP contribution in [0.3, 0.4) is 0 Å². The molecule has 2 heterocycles. The minimum atomic E-state index is 0.766. The Labute approximate surface area is 120 Å². The molecule has 0 spiro atoms. The number of anilines is 1. The number of nitrogens with zero attached hydrogens (tertiary/aromatic N) is 3. The third kappa shape index (κ3) is 4.35. The van der Waals surface area contributed by atoms with Gasteiger partial charge in [0.25, 0.3) is 0 Å². The first-order chi connectivity index (χ1) is 9.79. The lowest BCUT2D eigenvalue weighted by Crippen LogP contribution is -2.11. The molecular formula is C15H22N4O. The molecule has 0 saturated heterocycles.